The Labute approximate surface area is 77.0 Å². The van der Waals surface area contributed by atoms with Crippen molar-refractivity contribution in [1.82, 2.24) is 0 Å². The van der Waals surface area contributed by atoms with Crippen molar-refractivity contribution in [3.8, 4) is 0 Å². The maximum Gasteiger partial charge on any atom is 0.164 e. The summed E-state index contributed by atoms with van der Waals surface area (Å²) in [6, 6.07) is 0. The Bertz CT molecular complexity index is 214. The van der Waals surface area contributed by atoms with Gasteiger partial charge < -0.3 is 19.8 Å². The zero-order valence-electron chi connectivity index (χ0n) is 8.02. The molecule has 13 heavy (non-hydrogen) atoms. The van der Waals surface area contributed by atoms with E-state index in [2.05, 4.69) is 5.16 Å². The highest BCUT2D eigenvalue weighted by Gasteiger charge is 2.42. The molecule has 1 rings (SSSR count). The van der Waals surface area contributed by atoms with E-state index in [4.69, 9.17) is 19.8 Å². The fraction of sp³-hybridized carbons (Fsp3) is 0.875. The smallest absolute Gasteiger partial charge is 0.164 e. The molecule has 1 fully saturated rings. The van der Waals surface area contributed by atoms with Gasteiger partial charge in [-0.2, -0.15) is 0 Å². The van der Waals surface area contributed by atoms with Crippen molar-refractivity contribution in [2.24, 2.45) is 5.16 Å². The molecule has 2 N–H and O–H groups in total. The molecular formula is C8H15NO4. The second-order valence-electron chi connectivity index (χ2n) is 3.52. The second kappa shape index (κ2) is 3.61. The van der Waals surface area contributed by atoms with Crippen molar-refractivity contribution in [2.75, 3.05) is 6.61 Å². The first-order valence-corrected chi connectivity index (χ1v) is 4.15. The topological polar surface area (TPSA) is 71.3 Å². The van der Waals surface area contributed by atoms with Gasteiger partial charge in [-0.25, -0.2) is 0 Å². The average Bonchev–Trinajstić information content (AvgIpc) is 2.39. The van der Waals surface area contributed by atoms with Gasteiger partial charge in [0.25, 0.3) is 0 Å². The summed E-state index contributed by atoms with van der Waals surface area (Å²) in [6.07, 6.45) is -0.920. The Hall–Kier alpha value is -0.650. The van der Waals surface area contributed by atoms with Crippen LogP contribution in [0.4, 0.5) is 0 Å². The van der Waals surface area contributed by atoms with Crippen LogP contribution in [0.25, 0.3) is 0 Å². The van der Waals surface area contributed by atoms with E-state index in [0.29, 0.717) is 5.71 Å². The van der Waals surface area contributed by atoms with Gasteiger partial charge in [-0.3, -0.25) is 0 Å². The molecule has 0 aromatic heterocycles. The first kappa shape index (κ1) is 10.4. The Morgan fingerprint density at radius 2 is 2.08 bits per heavy atom. The third-order valence-electron chi connectivity index (χ3n) is 1.93. The fourth-order valence-corrected chi connectivity index (χ4v) is 1.38. The molecule has 76 valence electrons. The van der Waals surface area contributed by atoms with E-state index in [-0.39, 0.29) is 6.61 Å². The van der Waals surface area contributed by atoms with Gasteiger partial charge in [0, 0.05) is 0 Å². The molecule has 5 nitrogen and oxygen atoms in total. The third-order valence-corrected chi connectivity index (χ3v) is 1.93. The molecule has 0 unspecified atom stereocenters. The van der Waals surface area contributed by atoms with Crippen molar-refractivity contribution >= 4 is 5.71 Å². The summed E-state index contributed by atoms with van der Waals surface area (Å²) in [5, 5.41) is 20.6. The Morgan fingerprint density at radius 3 is 2.54 bits per heavy atom. The van der Waals surface area contributed by atoms with Crippen LogP contribution in [0, 0.1) is 0 Å². The van der Waals surface area contributed by atoms with Gasteiger partial charge in [-0.15, -0.1) is 0 Å². The van der Waals surface area contributed by atoms with E-state index in [1.807, 2.05) is 0 Å². The Balaban J connectivity index is 2.75. The molecule has 0 bridgehead atoms. The fourth-order valence-electron chi connectivity index (χ4n) is 1.38. The molecule has 1 aliphatic rings. The van der Waals surface area contributed by atoms with Gasteiger partial charge in [0.15, 0.2) is 5.79 Å². The number of hydrogen-bond donors (Lipinski definition) is 2. The zero-order chi connectivity index (χ0) is 10.1. The molecule has 0 aromatic rings. The number of ether oxygens (including phenoxy) is 2. The largest absolute Gasteiger partial charge is 0.411 e. The van der Waals surface area contributed by atoms with Crippen molar-refractivity contribution in [3.63, 3.8) is 0 Å². The molecule has 0 amide bonds. The van der Waals surface area contributed by atoms with Gasteiger partial charge in [0.05, 0.1) is 12.3 Å². The quantitative estimate of drug-likeness (QED) is 0.373. The number of oxime groups is 1. The lowest BCUT2D eigenvalue weighted by Crippen LogP contribution is -2.32. The summed E-state index contributed by atoms with van der Waals surface area (Å²) in [7, 11) is 0. The summed E-state index contributed by atoms with van der Waals surface area (Å²) in [5.74, 6) is -0.732. The van der Waals surface area contributed by atoms with Crippen LogP contribution in [0.5, 0.6) is 0 Å². The number of rotatable bonds is 2. The first-order chi connectivity index (χ1) is 6.00. The molecule has 0 saturated carbocycles. The number of aliphatic hydroxyl groups excluding tert-OH is 1. The maximum atomic E-state index is 8.97. The molecule has 1 saturated heterocycles. The monoisotopic (exact) mass is 189 g/mol. The SMILES string of the molecule is CC(=NO)[C@@H]1OC(C)(C)O[C@H]1CO. The molecule has 0 spiro atoms. The maximum absolute atomic E-state index is 8.97. The minimum Gasteiger partial charge on any atom is -0.411 e. The van der Waals surface area contributed by atoms with E-state index >= 15 is 0 Å². The summed E-state index contributed by atoms with van der Waals surface area (Å²) in [5.41, 5.74) is 0.407. The van der Waals surface area contributed by atoms with Crippen LogP contribution in [-0.4, -0.2) is 40.6 Å². The molecule has 2 atom stereocenters. The standard InChI is InChI=1S/C8H15NO4/c1-5(9-11)7-6(4-10)12-8(2,3)13-7/h6-7,10-11H,4H2,1-3H3/t6-,7-/m0/s1. The van der Waals surface area contributed by atoms with Crippen LogP contribution >= 0.6 is 0 Å². The highest BCUT2D eigenvalue weighted by atomic mass is 16.8. The van der Waals surface area contributed by atoms with Crippen LogP contribution in [-0.2, 0) is 9.47 Å². The predicted molar refractivity (Wildman–Crippen MR) is 45.8 cm³/mol. The van der Waals surface area contributed by atoms with E-state index in [0.717, 1.165) is 0 Å². The Kier molecular flexibility index (Phi) is 2.90. The highest BCUT2D eigenvalue weighted by Crippen LogP contribution is 2.28. The van der Waals surface area contributed by atoms with E-state index < -0.39 is 18.0 Å². The van der Waals surface area contributed by atoms with Crippen LogP contribution in [0.3, 0.4) is 0 Å². The normalized spacial score (nSPS) is 33.7. The second-order valence-corrected chi connectivity index (χ2v) is 3.52. The van der Waals surface area contributed by atoms with Gasteiger partial charge in [0.2, 0.25) is 0 Å². The number of nitrogens with zero attached hydrogens (tertiary/aromatic N) is 1. The average molecular weight is 189 g/mol. The van der Waals surface area contributed by atoms with Crippen LogP contribution < -0.4 is 0 Å². The lowest BCUT2D eigenvalue weighted by atomic mass is 10.1. The lowest BCUT2D eigenvalue weighted by Gasteiger charge is -2.16. The van der Waals surface area contributed by atoms with Crippen molar-refractivity contribution in [1.29, 1.82) is 0 Å². The molecular weight excluding hydrogens is 174 g/mol. The van der Waals surface area contributed by atoms with Gasteiger partial charge in [-0.05, 0) is 20.8 Å². The van der Waals surface area contributed by atoms with E-state index in [1.54, 1.807) is 20.8 Å². The van der Waals surface area contributed by atoms with Gasteiger partial charge in [0.1, 0.15) is 12.2 Å². The molecule has 1 aliphatic heterocycles. The third kappa shape index (κ3) is 2.18. The summed E-state index contributed by atoms with van der Waals surface area (Å²) >= 11 is 0. The van der Waals surface area contributed by atoms with E-state index in [1.165, 1.54) is 0 Å². The molecule has 1 heterocycles. The highest BCUT2D eigenvalue weighted by molar-refractivity contribution is 5.86. The molecule has 0 aliphatic carbocycles. The minimum absolute atomic E-state index is 0.152. The lowest BCUT2D eigenvalue weighted by molar-refractivity contribution is -0.145. The van der Waals surface area contributed by atoms with Crippen molar-refractivity contribution in [3.05, 3.63) is 0 Å². The molecule has 5 heteroatoms. The summed E-state index contributed by atoms with van der Waals surface area (Å²) in [6.45, 7) is 4.97. The first-order valence-electron chi connectivity index (χ1n) is 4.15. The van der Waals surface area contributed by atoms with Crippen LogP contribution in [0.15, 0.2) is 5.16 Å². The van der Waals surface area contributed by atoms with Gasteiger partial charge >= 0.3 is 0 Å². The Morgan fingerprint density at radius 1 is 1.46 bits per heavy atom. The van der Waals surface area contributed by atoms with Crippen LogP contribution in [0.1, 0.15) is 20.8 Å². The zero-order valence-corrected chi connectivity index (χ0v) is 8.02. The summed E-state index contributed by atoms with van der Waals surface area (Å²) < 4.78 is 10.8. The predicted octanol–water partition coefficient (Wildman–Crippen LogP) is 0.349. The number of hydrogen-bond acceptors (Lipinski definition) is 5. The van der Waals surface area contributed by atoms with Crippen molar-refractivity contribution in [2.45, 2.75) is 38.8 Å². The van der Waals surface area contributed by atoms with Crippen LogP contribution in [0.2, 0.25) is 0 Å². The molecule has 0 radical (unpaired) electrons. The van der Waals surface area contributed by atoms with Crippen molar-refractivity contribution < 1.29 is 19.8 Å². The minimum atomic E-state index is -0.732. The molecule has 0 aromatic carbocycles. The van der Waals surface area contributed by atoms with Gasteiger partial charge in [-0.1, -0.05) is 5.16 Å². The number of aliphatic hydroxyl groups is 1. The van der Waals surface area contributed by atoms with E-state index in [9.17, 15) is 0 Å². The summed E-state index contributed by atoms with van der Waals surface area (Å²) in [4.78, 5) is 0.